The highest BCUT2D eigenvalue weighted by Gasteiger charge is 2.63. The van der Waals surface area contributed by atoms with Crippen molar-refractivity contribution in [3.05, 3.63) is 71.8 Å². The van der Waals surface area contributed by atoms with E-state index in [9.17, 15) is 18.0 Å². The zero-order valence-electron chi connectivity index (χ0n) is 13.1. The zero-order chi connectivity index (χ0) is 17.2. The van der Waals surface area contributed by atoms with Crippen molar-refractivity contribution in [2.75, 3.05) is 6.54 Å². The van der Waals surface area contributed by atoms with E-state index in [2.05, 4.69) is 0 Å². The van der Waals surface area contributed by atoms with Crippen LogP contribution in [0.25, 0.3) is 0 Å². The van der Waals surface area contributed by atoms with E-state index >= 15 is 0 Å². The highest BCUT2D eigenvalue weighted by atomic mass is 19.4. The lowest BCUT2D eigenvalue weighted by atomic mass is 9.79. The highest BCUT2D eigenvalue weighted by Crippen LogP contribution is 2.49. The number of nitrogens with zero attached hydrogens (tertiary/aromatic N) is 1. The first kappa shape index (κ1) is 16.6. The molecule has 0 aromatic heterocycles. The van der Waals surface area contributed by atoms with Crippen LogP contribution in [0.1, 0.15) is 17.5 Å². The van der Waals surface area contributed by atoms with Crippen molar-refractivity contribution in [2.45, 2.75) is 25.6 Å². The Morgan fingerprint density at radius 3 is 2.00 bits per heavy atom. The average molecular weight is 333 g/mol. The second kappa shape index (κ2) is 6.30. The monoisotopic (exact) mass is 333 g/mol. The number of carbonyl (C=O) groups excluding carboxylic acids is 1. The fraction of sp³-hybridized carbons (Fsp3) is 0.316. The molecule has 0 spiro atoms. The molecule has 1 aliphatic rings. The topological polar surface area (TPSA) is 20.3 Å². The first-order chi connectivity index (χ1) is 11.4. The van der Waals surface area contributed by atoms with Crippen LogP contribution in [0.15, 0.2) is 60.7 Å². The minimum Gasteiger partial charge on any atom is -0.338 e. The van der Waals surface area contributed by atoms with Crippen molar-refractivity contribution in [1.29, 1.82) is 0 Å². The Balaban J connectivity index is 1.86. The van der Waals surface area contributed by atoms with Gasteiger partial charge in [0, 0.05) is 13.1 Å². The summed E-state index contributed by atoms with van der Waals surface area (Å²) < 4.78 is 41.4. The maximum atomic E-state index is 13.8. The fourth-order valence-corrected chi connectivity index (χ4v) is 3.26. The number of rotatable bonds is 4. The van der Waals surface area contributed by atoms with E-state index in [0.717, 1.165) is 5.56 Å². The van der Waals surface area contributed by atoms with Crippen LogP contribution in [-0.4, -0.2) is 23.5 Å². The van der Waals surface area contributed by atoms with Gasteiger partial charge in [-0.3, -0.25) is 4.79 Å². The summed E-state index contributed by atoms with van der Waals surface area (Å²) in [5.74, 6) is -0.817. The summed E-state index contributed by atoms with van der Waals surface area (Å²) in [6.45, 7) is 0.340. The molecule has 0 aliphatic carbocycles. The van der Waals surface area contributed by atoms with E-state index in [-0.39, 0.29) is 25.9 Å². The molecule has 0 radical (unpaired) electrons. The molecule has 3 rings (SSSR count). The SMILES string of the molecule is O=C1N(Cc2ccccc2)CCC1(Cc1ccccc1)C(F)(F)F. The van der Waals surface area contributed by atoms with Gasteiger partial charge in [-0.15, -0.1) is 0 Å². The predicted octanol–water partition coefficient (Wildman–Crippen LogP) is 4.21. The lowest BCUT2D eigenvalue weighted by Crippen LogP contribution is -2.46. The first-order valence-corrected chi connectivity index (χ1v) is 7.86. The molecule has 0 bridgehead atoms. The maximum Gasteiger partial charge on any atom is 0.403 e. The van der Waals surface area contributed by atoms with E-state index in [1.165, 1.54) is 4.90 Å². The third kappa shape index (κ3) is 3.03. The molecular weight excluding hydrogens is 315 g/mol. The number of benzene rings is 2. The lowest BCUT2D eigenvalue weighted by Gasteiger charge is -2.30. The van der Waals surface area contributed by atoms with Crippen molar-refractivity contribution in [3.63, 3.8) is 0 Å². The average Bonchev–Trinajstić information content (AvgIpc) is 2.87. The van der Waals surface area contributed by atoms with Gasteiger partial charge in [-0.25, -0.2) is 0 Å². The first-order valence-electron chi connectivity index (χ1n) is 7.86. The fourth-order valence-electron chi connectivity index (χ4n) is 3.26. The standard InChI is InChI=1S/C19H18F3NO/c20-19(21,22)18(13-15-7-3-1-4-8-15)11-12-23(17(18)24)14-16-9-5-2-6-10-16/h1-10H,11-14H2. The van der Waals surface area contributed by atoms with Gasteiger partial charge >= 0.3 is 6.18 Å². The van der Waals surface area contributed by atoms with E-state index in [1.807, 2.05) is 30.3 Å². The molecule has 0 N–H and O–H groups in total. The van der Waals surface area contributed by atoms with Crippen molar-refractivity contribution in [3.8, 4) is 0 Å². The molecule has 1 saturated heterocycles. The molecular formula is C19H18F3NO. The van der Waals surface area contributed by atoms with E-state index < -0.39 is 17.5 Å². The summed E-state index contributed by atoms with van der Waals surface area (Å²) in [6, 6.07) is 17.5. The molecule has 2 aromatic carbocycles. The van der Waals surface area contributed by atoms with Crippen LogP contribution in [0.2, 0.25) is 0 Å². The van der Waals surface area contributed by atoms with Gasteiger partial charge in [0.15, 0.2) is 5.41 Å². The van der Waals surface area contributed by atoms with Gasteiger partial charge in [0.1, 0.15) is 0 Å². The minimum atomic E-state index is -4.56. The molecule has 2 aromatic rings. The second-order valence-corrected chi connectivity index (χ2v) is 6.20. The third-order valence-electron chi connectivity index (χ3n) is 4.61. The molecule has 0 saturated carbocycles. The van der Waals surface area contributed by atoms with Crippen LogP contribution >= 0.6 is 0 Å². The van der Waals surface area contributed by atoms with Gasteiger partial charge in [0.25, 0.3) is 0 Å². The summed E-state index contributed by atoms with van der Waals surface area (Å²) in [4.78, 5) is 14.0. The Labute approximate surface area is 138 Å². The maximum absolute atomic E-state index is 13.8. The van der Waals surface area contributed by atoms with E-state index in [1.54, 1.807) is 30.3 Å². The van der Waals surface area contributed by atoms with Gasteiger partial charge in [-0.2, -0.15) is 13.2 Å². The van der Waals surface area contributed by atoms with Gasteiger partial charge in [-0.05, 0) is 24.0 Å². The van der Waals surface area contributed by atoms with Crippen LogP contribution in [0.4, 0.5) is 13.2 Å². The second-order valence-electron chi connectivity index (χ2n) is 6.20. The summed E-state index contributed by atoms with van der Waals surface area (Å²) in [7, 11) is 0. The van der Waals surface area contributed by atoms with Gasteiger partial charge in [0.2, 0.25) is 5.91 Å². The molecule has 5 heteroatoms. The van der Waals surface area contributed by atoms with Crippen LogP contribution in [0.3, 0.4) is 0 Å². The molecule has 1 unspecified atom stereocenters. The van der Waals surface area contributed by atoms with Crippen molar-refractivity contribution in [1.82, 2.24) is 4.90 Å². The van der Waals surface area contributed by atoms with Crippen molar-refractivity contribution >= 4 is 5.91 Å². The minimum absolute atomic E-state index is 0.125. The number of hydrogen-bond acceptors (Lipinski definition) is 1. The van der Waals surface area contributed by atoms with Gasteiger partial charge < -0.3 is 4.90 Å². The van der Waals surface area contributed by atoms with E-state index in [4.69, 9.17) is 0 Å². The summed E-state index contributed by atoms with van der Waals surface area (Å²) in [5.41, 5.74) is -0.948. The number of amides is 1. The predicted molar refractivity (Wildman–Crippen MR) is 85.1 cm³/mol. The Kier molecular flexibility index (Phi) is 4.35. The third-order valence-corrected chi connectivity index (χ3v) is 4.61. The molecule has 126 valence electrons. The van der Waals surface area contributed by atoms with Crippen molar-refractivity contribution < 1.29 is 18.0 Å². The largest absolute Gasteiger partial charge is 0.403 e. The molecule has 1 heterocycles. The van der Waals surface area contributed by atoms with Crippen LogP contribution in [0, 0.1) is 5.41 Å². The Hall–Kier alpha value is -2.30. The van der Waals surface area contributed by atoms with Crippen LogP contribution in [-0.2, 0) is 17.8 Å². The number of hydrogen-bond donors (Lipinski definition) is 0. The van der Waals surface area contributed by atoms with Crippen LogP contribution in [0.5, 0.6) is 0 Å². The quantitative estimate of drug-likeness (QED) is 0.821. The zero-order valence-corrected chi connectivity index (χ0v) is 13.1. The molecule has 1 amide bonds. The smallest absolute Gasteiger partial charge is 0.338 e. The molecule has 1 atom stereocenters. The lowest BCUT2D eigenvalue weighted by molar-refractivity contribution is -0.219. The van der Waals surface area contributed by atoms with Crippen molar-refractivity contribution in [2.24, 2.45) is 5.41 Å². The Morgan fingerprint density at radius 1 is 0.917 bits per heavy atom. The number of carbonyl (C=O) groups is 1. The molecule has 24 heavy (non-hydrogen) atoms. The van der Waals surface area contributed by atoms with Gasteiger partial charge in [-0.1, -0.05) is 60.7 Å². The highest BCUT2D eigenvalue weighted by molar-refractivity contribution is 5.86. The normalized spacial score (nSPS) is 21.3. The number of alkyl halides is 3. The summed E-state index contributed by atoms with van der Waals surface area (Å²) in [5, 5.41) is 0. The number of halogens is 3. The van der Waals surface area contributed by atoms with E-state index in [0.29, 0.717) is 5.56 Å². The van der Waals surface area contributed by atoms with Crippen LogP contribution < -0.4 is 0 Å². The van der Waals surface area contributed by atoms with Gasteiger partial charge in [0.05, 0.1) is 0 Å². The number of likely N-dealkylation sites (tertiary alicyclic amines) is 1. The Bertz CT molecular complexity index is 700. The Morgan fingerprint density at radius 2 is 1.46 bits per heavy atom. The molecule has 2 nitrogen and oxygen atoms in total. The summed E-state index contributed by atoms with van der Waals surface area (Å²) >= 11 is 0. The molecule has 1 fully saturated rings. The summed E-state index contributed by atoms with van der Waals surface area (Å²) in [6.07, 6.45) is -5.07. The molecule has 1 aliphatic heterocycles.